The van der Waals surface area contributed by atoms with Gasteiger partial charge in [0.2, 0.25) is 10.0 Å². The van der Waals surface area contributed by atoms with Crippen LogP contribution >= 0.6 is 0 Å². The van der Waals surface area contributed by atoms with Crippen molar-refractivity contribution in [2.24, 2.45) is 0 Å². The molecule has 1 aromatic rings. The van der Waals surface area contributed by atoms with Crippen LogP contribution in [0.2, 0.25) is 0 Å². The van der Waals surface area contributed by atoms with E-state index >= 15 is 0 Å². The van der Waals surface area contributed by atoms with Crippen LogP contribution in [0.5, 0.6) is 5.75 Å². The number of aliphatic hydroxyl groups excluding tert-OH is 1. The predicted molar refractivity (Wildman–Crippen MR) is 117 cm³/mol. The van der Waals surface area contributed by atoms with E-state index in [0.717, 1.165) is 50.8 Å². The van der Waals surface area contributed by atoms with Crippen LogP contribution in [0, 0.1) is 0 Å². The molecule has 0 radical (unpaired) electrons. The number of rotatable bonds is 9. The van der Waals surface area contributed by atoms with Gasteiger partial charge in [0.15, 0.2) is 0 Å². The standard InChI is InChI=1S/C22H36N2O5S/c1-16(14-25)29-22-8-4-3-6-19(22)17-9-11-18(12-10-17)28-15-21-20(7-5-13-23-21)24-30(2,26)27/h3-4,6,8,16-18,20-21,23-25H,5,7,9-15H2,1-2H3/t16-,17-,18+,20+,21+/m1/s1. The number of hydrogen-bond acceptors (Lipinski definition) is 6. The highest BCUT2D eigenvalue weighted by Gasteiger charge is 2.30. The highest BCUT2D eigenvalue weighted by molar-refractivity contribution is 7.88. The van der Waals surface area contributed by atoms with Crippen molar-refractivity contribution in [3.63, 3.8) is 0 Å². The van der Waals surface area contributed by atoms with Crippen LogP contribution in [-0.2, 0) is 14.8 Å². The van der Waals surface area contributed by atoms with Gasteiger partial charge in [-0.3, -0.25) is 0 Å². The first-order chi connectivity index (χ1) is 14.4. The largest absolute Gasteiger partial charge is 0.488 e. The van der Waals surface area contributed by atoms with Crippen LogP contribution in [0.3, 0.4) is 0 Å². The van der Waals surface area contributed by atoms with Gasteiger partial charge in [-0.2, -0.15) is 0 Å². The smallest absolute Gasteiger partial charge is 0.209 e. The fourth-order valence-corrected chi connectivity index (χ4v) is 5.34. The van der Waals surface area contributed by atoms with Crippen molar-refractivity contribution in [3.05, 3.63) is 29.8 Å². The van der Waals surface area contributed by atoms with Crippen molar-refractivity contribution in [1.29, 1.82) is 0 Å². The van der Waals surface area contributed by atoms with Crippen molar-refractivity contribution in [2.45, 2.75) is 75.7 Å². The lowest BCUT2D eigenvalue weighted by Gasteiger charge is -2.35. The molecule has 3 N–H and O–H groups in total. The highest BCUT2D eigenvalue weighted by atomic mass is 32.2. The molecule has 1 heterocycles. The molecule has 2 aliphatic rings. The number of piperidine rings is 1. The summed E-state index contributed by atoms with van der Waals surface area (Å²) in [4.78, 5) is 0. The summed E-state index contributed by atoms with van der Waals surface area (Å²) in [5, 5.41) is 12.7. The maximum absolute atomic E-state index is 11.6. The van der Waals surface area contributed by atoms with Gasteiger partial charge in [-0.15, -0.1) is 0 Å². The molecule has 170 valence electrons. The minimum atomic E-state index is -3.23. The third-order valence-corrected chi connectivity index (χ3v) is 6.81. The van der Waals surface area contributed by atoms with Crippen LogP contribution < -0.4 is 14.8 Å². The molecule has 30 heavy (non-hydrogen) atoms. The maximum Gasteiger partial charge on any atom is 0.209 e. The third kappa shape index (κ3) is 6.92. The Labute approximate surface area is 180 Å². The van der Waals surface area contributed by atoms with E-state index in [2.05, 4.69) is 16.1 Å². The zero-order valence-corrected chi connectivity index (χ0v) is 18.9. The van der Waals surface area contributed by atoms with Crippen molar-refractivity contribution in [3.8, 4) is 5.75 Å². The minimum absolute atomic E-state index is 0.000694. The van der Waals surface area contributed by atoms with E-state index in [-0.39, 0.29) is 30.9 Å². The second-order valence-corrected chi connectivity index (χ2v) is 10.4. The lowest BCUT2D eigenvalue weighted by Crippen LogP contribution is -2.55. The van der Waals surface area contributed by atoms with Crippen molar-refractivity contribution < 1.29 is 23.0 Å². The van der Waals surface area contributed by atoms with Crippen molar-refractivity contribution in [1.82, 2.24) is 10.0 Å². The molecule has 1 saturated heterocycles. The Morgan fingerprint density at radius 3 is 2.63 bits per heavy atom. The molecule has 8 heteroatoms. The van der Waals surface area contributed by atoms with Crippen LogP contribution in [0.25, 0.3) is 0 Å². The van der Waals surface area contributed by atoms with E-state index in [1.54, 1.807) is 0 Å². The lowest BCUT2D eigenvalue weighted by molar-refractivity contribution is 0.00501. The fraction of sp³-hybridized carbons (Fsp3) is 0.727. The van der Waals surface area contributed by atoms with Gasteiger partial charge in [0.05, 0.1) is 25.6 Å². The Morgan fingerprint density at radius 2 is 1.93 bits per heavy atom. The van der Waals surface area contributed by atoms with Crippen molar-refractivity contribution in [2.75, 3.05) is 26.0 Å². The summed E-state index contributed by atoms with van der Waals surface area (Å²) in [6.45, 7) is 3.29. The summed E-state index contributed by atoms with van der Waals surface area (Å²) in [6, 6.07) is 8.02. The van der Waals surface area contributed by atoms with Gasteiger partial charge in [-0.1, -0.05) is 18.2 Å². The van der Waals surface area contributed by atoms with Crippen LogP contribution in [0.4, 0.5) is 0 Å². The molecular formula is C22H36N2O5S. The van der Waals surface area contributed by atoms with Crippen molar-refractivity contribution >= 4 is 10.0 Å². The van der Waals surface area contributed by atoms with E-state index in [9.17, 15) is 13.5 Å². The predicted octanol–water partition coefficient (Wildman–Crippen LogP) is 2.16. The zero-order chi connectivity index (χ0) is 21.6. The summed E-state index contributed by atoms with van der Waals surface area (Å²) in [5.41, 5.74) is 1.21. The first kappa shape index (κ1) is 23.5. The molecule has 1 aliphatic heterocycles. The van der Waals surface area contributed by atoms with E-state index in [4.69, 9.17) is 9.47 Å². The van der Waals surface area contributed by atoms with Gasteiger partial charge < -0.3 is 19.9 Å². The van der Waals surface area contributed by atoms with Crippen LogP contribution in [-0.4, -0.2) is 63.8 Å². The van der Waals surface area contributed by atoms with Crippen LogP contribution in [0.15, 0.2) is 24.3 Å². The molecule has 3 atom stereocenters. The quantitative estimate of drug-likeness (QED) is 0.545. The molecule has 0 aromatic heterocycles. The number of ether oxygens (including phenoxy) is 2. The maximum atomic E-state index is 11.6. The van der Waals surface area contributed by atoms with Gasteiger partial charge in [0.25, 0.3) is 0 Å². The Bertz CT molecular complexity index is 765. The second-order valence-electron chi connectivity index (χ2n) is 8.66. The number of hydrogen-bond donors (Lipinski definition) is 3. The molecule has 3 rings (SSSR count). The lowest BCUT2D eigenvalue weighted by atomic mass is 9.82. The molecule has 0 amide bonds. The minimum Gasteiger partial charge on any atom is -0.488 e. The van der Waals surface area contributed by atoms with E-state index < -0.39 is 10.0 Å². The summed E-state index contributed by atoms with van der Waals surface area (Å²) < 4.78 is 38.1. The van der Waals surface area contributed by atoms with E-state index in [1.807, 2.05) is 25.1 Å². The summed E-state index contributed by atoms with van der Waals surface area (Å²) in [6.07, 6.45) is 7.01. The van der Waals surface area contributed by atoms with Gasteiger partial charge in [0.1, 0.15) is 11.9 Å². The van der Waals surface area contributed by atoms with E-state index in [1.165, 1.54) is 11.8 Å². The molecule has 0 unspecified atom stereocenters. The summed E-state index contributed by atoms with van der Waals surface area (Å²) in [7, 11) is -3.23. The Hall–Kier alpha value is -1.19. The number of aliphatic hydroxyl groups is 1. The molecule has 7 nitrogen and oxygen atoms in total. The summed E-state index contributed by atoms with van der Waals surface area (Å²) >= 11 is 0. The Morgan fingerprint density at radius 1 is 1.20 bits per heavy atom. The zero-order valence-electron chi connectivity index (χ0n) is 18.0. The monoisotopic (exact) mass is 440 g/mol. The SMILES string of the molecule is C[C@H](CO)Oc1ccccc1[C@H]1CC[C@@H](OC[C@@H]2NCCC[C@@H]2NS(C)(=O)=O)CC1. The van der Waals surface area contributed by atoms with Gasteiger partial charge in [-0.25, -0.2) is 13.1 Å². The molecular weight excluding hydrogens is 404 g/mol. The normalized spacial score (nSPS) is 28.8. The average Bonchev–Trinajstić information content (AvgIpc) is 2.73. The first-order valence-corrected chi connectivity index (χ1v) is 12.9. The molecule has 1 aliphatic carbocycles. The number of sulfonamides is 1. The van der Waals surface area contributed by atoms with E-state index in [0.29, 0.717) is 12.5 Å². The molecule has 1 saturated carbocycles. The highest BCUT2D eigenvalue weighted by Crippen LogP contribution is 2.38. The Kier molecular flexibility index (Phi) is 8.53. The molecule has 0 spiro atoms. The van der Waals surface area contributed by atoms with Gasteiger partial charge in [-0.05, 0) is 69.5 Å². The first-order valence-electron chi connectivity index (χ1n) is 11.0. The topological polar surface area (TPSA) is 96.9 Å². The average molecular weight is 441 g/mol. The molecule has 0 bridgehead atoms. The third-order valence-electron chi connectivity index (χ3n) is 6.08. The molecule has 2 fully saturated rings. The van der Waals surface area contributed by atoms with Gasteiger partial charge >= 0.3 is 0 Å². The fourth-order valence-electron chi connectivity index (χ4n) is 4.50. The van der Waals surface area contributed by atoms with Gasteiger partial charge in [0, 0.05) is 12.1 Å². The number of nitrogens with one attached hydrogen (secondary N) is 2. The number of benzene rings is 1. The summed E-state index contributed by atoms with van der Waals surface area (Å²) in [5.74, 6) is 1.30. The molecule has 1 aromatic carbocycles. The Balaban J connectivity index is 1.50. The van der Waals surface area contributed by atoms with Crippen LogP contribution in [0.1, 0.15) is 56.9 Å². The number of para-hydroxylation sites is 1. The second kappa shape index (κ2) is 10.9.